The molecule has 2 rings (SSSR count). The lowest BCUT2D eigenvalue weighted by molar-refractivity contribution is -0.0283. The first-order valence-corrected chi connectivity index (χ1v) is 17.9. The van der Waals surface area contributed by atoms with E-state index in [1.54, 1.807) is 6.92 Å². The Hall–Kier alpha value is -2.96. The second-order valence-electron chi connectivity index (χ2n) is 10.6. The van der Waals surface area contributed by atoms with Gasteiger partial charge in [-0.2, -0.15) is 0 Å². The SMILES string of the molecule is C#CCOCCOCCOCCOCCOCCOCCOCCOCCOCCOCCOCCOCCOc1ccc(-c2nnc(C)nn2)cc1. The van der Waals surface area contributed by atoms with Gasteiger partial charge in [0.2, 0.25) is 5.82 Å². The Balaban J connectivity index is 1.17. The maximum atomic E-state index is 5.69. The molecule has 0 fully saturated rings. The zero-order valence-electron chi connectivity index (χ0n) is 31.2. The Kier molecular flexibility index (Phi) is 31.4. The summed E-state index contributed by atoms with van der Waals surface area (Å²) in [6.45, 7) is 13.8. The van der Waals surface area contributed by atoms with Crippen LogP contribution in [0.2, 0.25) is 0 Å². The second kappa shape index (κ2) is 36.0. The Bertz CT molecular complexity index is 1110. The van der Waals surface area contributed by atoms with Gasteiger partial charge in [0.15, 0.2) is 5.82 Å². The lowest BCUT2D eigenvalue weighted by atomic mass is 10.2. The lowest BCUT2D eigenvalue weighted by Gasteiger charge is -2.09. The molecule has 17 heteroatoms. The molecule has 0 atom stereocenters. The lowest BCUT2D eigenvalue weighted by Crippen LogP contribution is -2.15. The van der Waals surface area contributed by atoms with Gasteiger partial charge < -0.3 is 61.6 Å². The number of nitrogens with zero attached hydrogens (tertiary/aromatic N) is 4. The smallest absolute Gasteiger partial charge is 0.203 e. The molecule has 300 valence electrons. The molecule has 1 aromatic carbocycles. The molecule has 53 heavy (non-hydrogen) atoms. The number of ether oxygens (including phenoxy) is 13. The third-order valence-electron chi connectivity index (χ3n) is 6.47. The zero-order valence-corrected chi connectivity index (χ0v) is 31.2. The molecule has 1 aromatic heterocycles. The number of hydrogen-bond acceptors (Lipinski definition) is 17. The molecule has 0 aliphatic heterocycles. The topological polar surface area (TPSA) is 172 Å². The molecule has 0 saturated carbocycles. The molecule has 0 aliphatic carbocycles. The van der Waals surface area contributed by atoms with Crippen molar-refractivity contribution >= 4 is 0 Å². The number of aromatic nitrogens is 4. The van der Waals surface area contributed by atoms with Gasteiger partial charge in [-0.1, -0.05) is 5.92 Å². The van der Waals surface area contributed by atoms with E-state index < -0.39 is 0 Å². The van der Waals surface area contributed by atoms with Gasteiger partial charge in [-0.05, 0) is 31.2 Å². The minimum absolute atomic E-state index is 0.303. The van der Waals surface area contributed by atoms with Gasteiger partial charge in [-0.25, -0.2) is 0 Å². The first-order chi connectivity index (χ1) is 26.3. The van der Waals surface area contributed by atoms with Gasteiger partial charge in [0.1, 0.15) is 19.0 Å². The molecule has 0 amide bonds. The van der Waals surface area contributed by atoms with E-state index in [2.05, 4.69) is 26.3 Å². The summed E-state index contributed by atoms with van der Waals surface area (Å²) in [7, 11) is 0. The van der Waals surface area contributed by atoms with Gasteiger partial charge >= 0.3 is 0 Å². The van der Waals surface area contributed by atoms with Crippen LogP contribution in [0.15, 0.2) is 24.3 Å². The molecular weight excluding hydrogens is 696 g/mol. The molecule has 1 heterocycles. The minimum atomic E-state index is 0.303. The van der Waals surface area contributed by atoms with Crippen LogP contribution in [0.1, 0.15) is 5.82 Å². The van der Waals surface area contributed by atoms with Crippen LogP contribution in [0.4, 0.5) is 0 Å². The van der Waals surface area contributed by atoms with Crippen molar-refractivity contribution in [2.45, 2.75) is 6.92 Å². The minimum Gasteiger partial charge on any atom is -0.491 e. The molecule has 0 spiro atoms. The van der Waals surface area contributed by atoms with Crippen LogP contribution in [-0.2, 0) is 56.8 Å². The zero-order chi connectivity index (χ0) is 37.5. The molecule has 0 radical (unpaired) electrons. The van der Waals surface area contributed by atoms with E-state index in [4.69, 9.17) is 68.0 Å². The average Bonchev–Trinajstić information content (AvgIpc) is 3.18. The standard InChI is InChI=1S/C36H58N4O13/c1-3-8-41-9-10-42-11-12-43-13-14-44-15-16-45-17-18-46-19-20-47-21-22-48-23-24-49-25-26-50-27-28-51-29-30-52-31-32-53-35-6-4-34(5-7-35)36-39-37-33(2)38-40-36/h1,4-7H,8-32H2,2H3. The van der Waals surface area contributed by atoms with Gasteiger partial charge in [0, 0.05) is 5.56 Å². The highest BCUT2D eigenvalue weighted by Gasteiger charge is 2.04. The monoisotopic (exact) mass is 754 g/mol. The van der Waals surface area contributed by atoms with Crippen LogP contribution < -0.4 is 4.74 Å². The van der Waals surface area contributed by atoms with Crippen LogP contribution in [0.3, 0.4) is 0 Å². The normalized spacial score (nSPS) is 11.2. The number of benzene rings is 1. The van der Waals surface area contributed by atoms with Crippen molar-refractivity contribution in [3.63, 3.8) is 0 Å². The Morgan fingerprint density at radius 2 is 0.679 bits per heavy atom. The van der Waals surface area contributed by atoms with Crippen molar-refractivity contribution in [2.75, 3.05) is 165 Å². The fraction of sp³-hybridized carbons (Fsp3) is 0.722. The van der Waals surface area contributed by atoms with E-state index >= 15 is 0 Å². The highest BCUT2D eigenvalue weighted by Crippen LogP contribution is 2.18. The molecular formula is C36H58N4O13. The second-order valence-corrected chi connectivity index (χ2v) is 10.6. The van der Waals surface area contributed by atoms with E-state index in [-0.39, 0.29) is 0 Å². The summed E-state index contributed by atoms with van der Waals surface area (Å²) in [6, 6.07) is 7.42. The fourth-order valence-electron chi connectivity index (χ4n) is 3.86. The van der Waals surface area contributed by atoms with Crippen molar-refractivity contribution < 1.29 is 61.6 Å². The average molecular weight is 755 g/mol. The van der Waals surface area contributed by atoms with Crippen LogP contribution in [0, 0.1) is 19.3 Å². The molecule has 0 N–H and O–H groups in total. The van der Waals surface area contributed by atoms with Crippen LogP contribution in [0.5, 0.6) is 5.75 Å². The summed E-state index contributed by atoms with van der Waals surface area (Å²) in [6.07, 6.45) is 5.09. The van der Waals surface area contributed by atoms with Crippen molar-refractivity contribution in [3.05, 3.63) is 30.1 Å². The third-order valence-corrected chi connectivity index (χ3v) is 6.47. The summed E-state index contributed by atoms with van der Waals surface area (Å²) < 4.78 is 71.0. The molecule has 0 aliphatic rings. The number of hydrogen-bond donors (Lipinski definition) is 0. The summed E-state index contributed by atoms with van der Waals surface area (Å²) in [4.78, 5) is 0. The first-order valence-electron chi connectivity index (χ1n) is 17.9. The van der Waals surface area contributed by atoms with E-state index in [0.29, 0.717) is 177 Å². The first kappa shape index (κ1) is 46.2. The molecule has 0 bridgehead atoms. The summed E-state index contributed by atoms with van der Waals surface area (Å²) in [5, 5.41) is 15.9. The van der Waals surface area contributed by atoms with Gasteiger partial charge in [-0.3, -0.25) is 0 Å². The quantitative estimate of drug-likeness (QED) is 0.0709. The van der Waals surface area contributed by atoms with E-state index in [1.165, 1.54) is 0 Å². The van der Waals surface area contributed by atoms with Gasteiger partial charge in [0.25, 0.3) is 0 Å². The van der Waals surface area contributed by atoms with E-state index in [1.807, 2.05) is 24.3 Å². The Morgan fingerprint density at radius 1 is 0.396 bits per heavy atom. The molecule has 2 aromatic rings. The summed E-state index contributed by atoms with van der Waals surface area (Å²) in [5.74, 6) is 4.13. The predicted octanol–water partition coefficient (Wildman–Crippen LogP) is 1.45. The van der Waals surface area contributed by atoms with E-state index in [0.717, 1.165) is 11.3 Å². The van der Waals surface area contributed by atoms with Crippen molar-refractivity contribution in [1.29, 1.82) is 0 Å². The third kappa shape index (κ3) is 29.1. The summed E-state index contributed by atoms with van der Waals surface area (Å²) >= 11 is 0. The van der Waals surface area contributed by atoms with Crippen molar-refractivity contribution in [1.82, 2.24) is 20.4 Å². The maximum absolute atomic E-state index is 5.69. The molecule has 17 nitrogen and oxygen atoms in total. The number of aryl methyl sites for hydroxylation is 1. The molecule has 0 saturated heterocycles. The molecule has 0 unspecified atom stereocenters. The van der Waals surface area contributed by atoms with Gasteiger partial charge in [-0.15, -0.1) is 26.8 Å². The Labute approximate surface area is 313 Å². The highest BCUT2D eigenvalue weighted by molar-refractivity contribution is 5.54. The predicted molar refractivity (Wildman–Crippen MR) is 192 cm³/mol. The van der Waals surface area contributed by atoms with Gasteiger partial charge in [0.05, 0.1) is 152 Å². The van der Waals surface area contributed by atoms with Crippen LogP contribution >= 0.6 is 0 Å². The largest absolute Gasteiger partial charge is 0.491 e. The Morgan fingerprint density at radius 3 is 0.981 bits per heavy atom. The van der Waals surface area contributed by atoms with E-state index in [9.17, 15) is 0 Å². The van der Waals surface area contributed by atoms with Crippen LogP contribution in [-0.4, -0.2) is 186 Å². The van der Waals surface area contributed by atoms with Crippen molar-refractivity contribution in [3.8, 4) is 29.5 Å². The highest BCUT2D eigenvalue weighted by atomic mass is 16.6. The maximum Gasteiger partial charge on any atom is 0.203 e. The number of rotatable bonds is 39. The van der Waals surface area contributed by atoms with Crippen molar-refractivity contribution in [2.24, 2.45) is 0 Å². The fourth-order valence-corrected chi connectivity index (χ4v) is 3.86. The number of terminal acetylenes is 1. The summed E-state index contributed by atoms with van der Waals surface area (Å²) in [5.41, 5.74) is 0.820. The van der Waals surface area contributed by atoms with Crippen LogP contribution in [0.25, 0.3) is 11.4 Å².